The summed E-state index contributed by atoms with van der Waals surface area (Å²) in [6.07, 6.45) is 30.8. The van der Waals surface area contributed by atoms with E-state index in [0.29, 0.717) is 12.2 Å². The molecule has 0 aromatic rings. The maximum Gasteiger partial charge on any atom is 0.155 e. The Hall–Kier alpha value is -0.920. The molecule has 0 heterocycles. The lowest BCUT2D eigenvalue weighted by molar-refractivity contribution is -0.119. The van der Waals surface area contributed by atoms with Crippen LogP contribution in [-0.4, -0.2) is 11.6 Å². The van der Waals surface area contributed by atoms with Crippen molar-refractivity contribution in [2.24, 2.45) is 0 Å². The van der Waals surface area contributed by atoms with Gasteiger partial charge in [-0.3, -0.25) is 9.59 Å². The van der Waals surface area contributed by atoms with Gasteiger partial charge >= 0.3 is 0 Å². The van der Waals surface area contributed by atoms with E-state index < -0.39 is 0 Å². The molecule has 0 aliphatic heterocycles. The van der Waals surface area contributed by atoms with E-state index in [2.05, 4.69) is 13.5 Å². The van der Waals surface area contributed by atoms with Crippen molar-refractivity contribution in [3.8, 4) is 0 Å². The van der Waals surface area contributed by atoms with Gasteiger partial charge in [0, 0.05) is 19.3 Å². The summed E-state index contributed by atoms with van der Waals surface area (Å²) in [6.45, 7) is 5.77. The number of rotatable bonds is 26. The van der Waals surface area contributed by atoms with Gasteiger partial charge < -0.3 is 0 Å². The summed E-state index contributed by atoms with van der Waals surface area (Å²) in [5, 5.41) is 0. The van der Waals surface area contributed by atoms with Crippen LogP contribution < -0.4 is 0 Å². The zero-order valence-electron chi connectivity index (χ0n) is 21.1. The molecule has 0 rings (SSSR count). The first-order chi connectivity index (χ1) is 15.2. The topological polar surface area (TPSA) is 34.1 Å². The molecule has 0 amide bonds. The first kappa shape index (κ1) is 30.1. The summed E-state index contributed by atoms with van der Waals surface area (Å²) in [6, 6.07) is 0. The third kappa shape index (κ3) is 25.2. The highest BCUT2D eigenvalue weighted by atomic mass is 16.1. The number of hydrogen-bond donors (Lipinski definition) is 0. The average molecular weight is 435 g/mol. The highest BCUT2D eigenvalue weighted by Crippen LogP contribution is 2.15. The number of carbonyl (C=O) groups excluding carboxylic acids is 2. The van der Waals surface area contributed by atoms with Gasteiger partial charge in [0.1, 0.15) is 5.78 Å². The summed E-state index contributed by atoms with van der Waals surface area (Å²) < 4.78 is 0. The van der Waals surface area contributed by atoms with Crippen molar-refractivity contribution < 1.29 is 9.59 Å². The fraction of sp³-hybridized carbons (Fsp3) is 0.862. The summed E-state index contributed by atoms with van der Waals surface area (Å²) in [5.41, 5.74) is 0. The van der Waals surface area contributed by atoms with Gasteiger partial charge in [-0.2, -0.15) is 0 Å². The predicted molar refractivity (Wildman–Crippen MR) is 137 cm³/mol. The fourth-order valence-electron chi connectivity index (χ4n) is 4.25. The van der Waals surface area contributed by atoms with E-state index in [-0.39, 0.29) is 5.78 Å². The molecular formula is C29H54O2. The van der Waals surface area contributed by atoms with Crippen molar-refractivity contribution in [3.05, 3.63) is 12.7 Å². The van der Waals surface area contributed by atoms with E-state index in [1.807, 2.05) is 0 Å². The number of ketones is 2. The minimum Gasteiger partial charge on any atom is -0.300 e. The first-order valence-electron chi connectivity index (χ1n) is 13.9. The highest BCUT2D eigenvalue weighted by molar-refractivity contribution is 5.88. The highest BCUT2D eigenvalue weighted by Gasteiger charge is 2.02. The quantitative estimate of drug-likeness (QED) is 0.100. The van der Waals surface area contributed by atoms with Crippen LogP contribution in [0.15, 0.2) is 12.7 Å². The molecule has 0 aliphatic rings. The standard InChI is InChI=1S/C29H54O2/c1-3-5-6-7-16-20-23-26-29(31)27-24-21-18-15-13-11-9-8-10-12-14-17-19-22-25-28(30)4-2/h4H,2-3,5-27H2,1H3. The van der Waals surface area contributed by atoms with Crippen molar-refractivity contribution >= 4 is 11.6 Å². The Morgan fingerprint density at radius 2 is 0.774 bits per heavy atom. The Kier molecular flexibility index (Phi) is 24.6. The summed E-state index contributed by atoms with van der Waals surface area (Å²) in [7, 11) is 0. The van der Waals surface area contributed by atoms with Gasteiger partial charge in [0.2, 0.25) is 0 Å². The molecule has 0 saturated carbocycles. The summed E-state index contributed by atoms with van der Waals surface area (Å²) in [5.74, 6) is 0.686. The molecule has 0 aromatic carbocycles. The number of hydrogen-bond acceptors (Lipinski definition) is 2. The number of carbonyl (C=O) groups is 2. The van der Waals surface area contributed by atoms with Crippen molar-refractivity contribution in [2.75, 3.05) is 0 Å². The van der Waals surface area contributed by atoms with Gasteiger partial charge in [-0.1, -0.05) is 129 Å². The molecule has 0 aromatic heterocycles. The molecule has 31 heavy (non-hydrogen) atoms. The van der Waals surface area contributed by atoms with Crippen molar-refractivity contribution in [2.45, 2.75) is 161 Å². The van der Waals surface area contributed by atoms with Crippen LogP contribution in [0, 0.1) is 0 Å². The Morgan fingerprint density at radius 1 is 0.484 bits per heavy atom. The smallest absolute Gasteiger partial charge is 0.155 e. The summed E-state index contributed by atoms with van der Waals surface area (Å²) >= 11 is 0. The maximum atomic E-state index is 11.9. The lowest BCUT2D eigenvalue weighted by atomic mass is 10.0. The zero-order valence-corrected chi connectivity index (χ0v) is 21.1. The minimum atomic E-state index is 0.187. The molecule has 0 bridgehead atoms. The Bertz CT molecular complexity index is 413. The Labute approximate surface area is 195 Å². The second-order valence-electron chi connectivity index (χ2n) is 9.53. The molecule has 0 radical (unpaired) electrons. The van der Waals surface area contributed by atoms with Crippen LogP contribution in [-0.2, 0) is 9.59 Å². The molecular weight excluding hydrogens is 380 g/mol. The van der Waals surface area contributed by atoms with Crippen LogP contribution in [0.4, 0.5) is 0 Å². The van der Waals surface area contributed by atoms with Crippen molar-refractivity contribution in [1.82, 2.24) is 0 Å². The number of unbranched alkanes of at least 4 members (excludes halogenated alkanes) is 19. The van der Waals surface area contributed by atoms with Crippen molar-refractivity contribution in [1.29, 1.82) is 0 Å². The molecule has 0 N–H and O–H groups in total. The Morgan fingerprint density at radius 3 is 1.10 bits per heavy atom. The van der Waals surface area contributed by atoms with Gasteiger partial charge in [0.15, 0.2) is 5.78 Å². The molecule has 2 nitrogen and oxygen atoms in total. The molecule has 0 aliphatic carbocycles. The van der Waals surface area contributed by atoms with Crippen LogP contribution in [0.5, 0.6) is 0 Å². The largest absolute Gasteiger partial charge is 0.300 e. The molecule has 0 unspecified atom stereocenters. The van der Waals surface area contributed by atoms with Crippen LogP contribution >= 0.6 is 0 Å². The minimum absolute atomic E-state index is 0.187. The average Bonchev–Trinajstić information content (AvgIpc) is 2.77. The number of Topliss-reactive ketones (excluding diaryl/α,β-unsaturated/α-hetero) is 1. The van der Waals surface area contributed by atoms with Gasteiger partial charge in [0.25, 0.3) is 0 Å². The van der Waals surface area contributed by atoms with E-state index in [9.17, 15) is 9.59 Å². The zero-order chi connectivity index (χ0) is 22.8. The van der Waals surface area contributed by atoms with Crippen LogP contribution in [0.1, 0.15) is 161 Å². The second kappa shape index (κ2) is 25.3. The fourth-order valence-corrected chi connectivity index (χ4v) is 4.25. The van der Waals surface area contributed by atoms with Crippen LogP contribution in [0.25, 0.3) is 0 Å². The van der Waals surface area contributed by atoms with E-state index in [1.54, 1.807) is 0 Å². The van der Waals surface area contributed by atoms with Gasteiger partial charge in [-0.25, -0.2) is 0 Å². The molecule has 182 valence electrons. The van der Waals surface area contributed by atoms with E-state index in [4.69, 9.17) is 0 Å². The lowest BCUT2D eigenvalue weighted by Crippen LogP contribution is -1.97. The maximum absolute atomic E-state index is 11.9. The monoisotopic (exact) mass is 434 g/mol. The Balaban J connectivity index is 3.15. The number of allylic oxidation sites excluding steroid dienone is 1. The summed E-state index contributed by atoms with van der Waals surface area (Å²) in [4.78, 5) is 23.1. The predicted octanol–water partition coefficient (Wildman–Crippen LogP) is 9.69. The lowest BCUT2D eigenvalue weighted by Gasteiger charge is -2.04. The normalized spacial score (nSPS) is 11.0. The van der Waals surface area contributed by atoms with Gasteiger partial charge in [-0.15, -0.1) is 0 Å². The van der Waals surface area contributed by atoms with E-state index in [0.717, 1.165) is 32.1 Å². The molecule has 0 spiro atoms. The van der Waals surface area contributed by atoms with Crippen LogP contribution in [0.3, 0.4) is 0 Å². The second-order valence-corrected chi connectivity index (χ2v) is 9.53. The first-order valence-corrected chi connectivity index (χ1v) is 13.9. The SMILES string of the molecule is C=CC(=O)CCCCCCCCCCCCCCCCC(=O)CCCCCCCCC. The third-order valence-electron chi connectivity index (χ3n) is 6.42. The third-order valence-corrected chi connectivity index (χ3v) is 6.42. The van der Waals surface area contributed by atoms with Gasteiger partial charge in [-0.05, 0) is 25.3 Å². The van der Waals surface area contributed by atoms with Crippen molar-refractivity contribution in [3.63, 3.8) is 0 Å². The van der Waals surface area contributed by atoms with Crippen LogP contribution in [0.2, 0.25) is 0 Å². The molecule has 2 heteroatoms. The van der Waals surface area contributed by atoms with E-state index in [1.165, 1.54) is 122 Å². The molecule has 0 atom stereocenters. The molecule has 0 saturated heterocycles. The van der Waals surface area contributed by atoms with Gasteiger partial charge in [0.05, 0.1) is 0 Å². The molecule has 0 fully saturated rings. The van der Waals surface area contributed by atoms with E-state index >= 15 is 0 Å².